The maximum Gasteiger partial charge on any atom is 0.224 e. The van der Waals surface area contributed by atoms with Crippen LogP contribution in [-0.2, 0) is 6.54 Å². The molecule has 0 atom stereocenters. The number of aliphatic hydroxyl groups excluding tert-OH is 1. The number of phenols is 1. The molecule has 0 bridgehead atoms. The maximum absolute atomic E-state index is 9.81. The summed E-state index contributed by atoms with van der Waals surface area (Å²) in [7, 11) is 0. The Kier molecular flexibility index (Phi) is 4.25. The number of benzene rings is 3. The molecule has 4 rings (SSSR count). The fourth-order valence-corrected chi connectivity index (χ4v) is 3.03. The Morgan fingerprint density at radius 2 is 1.85 bits per heavy atom. The van der Waals surface area contributed by atoms with E-state index >= 15 is 0 Å². The standard InChI is InChI=1S/C20H18N4O2/c25-12-11-24-17-10-9-14-5-1-3-7-16(14)19(17)22-20(24)23-21-13-15-6-2-4-8-18(15)26/h1-10,13,25-26H,11-12H2,(H,22,23)/b21-13-. The monoisotopic (exact) mass is 346 g/mol. The van der Waals surface area contributed by atoms with Crippen molar-refractivity contribution < 1.29 is 10.2 Å². The van der Waals surface area contributed by atoms with E-state index in [1.807, 2.05) is 47.0 Å². The number of hydrazone groups is 1. The summed E-state index contributed by atoms with van der Waals surface area (Å²) in [6.45, 7) is 0.402. The van der Waals surface area contributed by atoms with Gasteiger partial charge in [-0.05, 0) is 23.6 Å². The molecule has 0 unspecified atom stereocenters. The first-order chi connectivity index (χ1) is 12.8. The fraction of sp³-hybridized carbons (Fsp3) is 0.100. The average molecular weight is 346 g/mol. The molecular weight excluding hydrogens is 328 g/mol. The van der Waals surface area contributed by atoms with Gasteiger partial charge < -0.3 is 14.8 Å². The lowest BCUT2D eigenvalue weighted by Gasteiger charge is -2.06. The van der Waals surface area contributed by atoms with Crippen LogP contribution in [0.1, 0.15) is 5.56 Å². The van der Waals surface area contributed by atoms with Gasteiger partial charge in [0, 0.05) is 17.5 Å². The molecule has 0 aliphatic heterocycles. The minimum atomic E-state index is -0.00381. The molecule has 26 heavy (non-hydrogen) atoms. The van der Waals surface area contributed by atoms with Crippen molar-refractivity contribution >= 4 is 34.0 Å². The molecular formula is C20H18N4O2. The Hall–Kier alpha value is -3.38. The Morgan fingerprint density at radius 1 is 1.04 bits per heavy atom. The van der Waals surface area contributed by atoms with E-state index in [4.69, 9.17) is 0 Å². The van der Waals surface area contributed by atoms with Gasteiger partial charge in [-0.15, -0.1) is 0 Å². The summed E-state index contributed by atoms with van der Waals surface area (Å²) in [6, 6.07) is 19.1. The van der Waals surface area contributed by atoms with E-state index in [9.17, 15) is 10.2 Å². The third kappa shape index (κ3) is 2.87. The summed E-state index contributed by atoms with van der Waals surface area (Å²) in [5, 5.41) is 25.6. The highest BCUT2D eigenvalue weighted by atomic mass is 16.3. The van der Waals surface area contributed by atoms with Crippen molar-refractivity contribution in [3.05, 3.63) is 66.2 Å². The van der Waals surface area contributed by atoms with Crippen LogP contribution in [0.15, 0.2) is 65.8 Å². The molecule has 130 valence electrons. The number of nitrogens with zero attached hydrogens (tertiary/aromatic N) is 3. The second kappa shape index (κ2) is 6.85. The molecule has 0 saturated heterocycles. The largest absolute Gasteiger partial charge is 0.507 e. The molecule has 1 heterocycles. The van der Waals surface area contributed by atoms with Crippen LogP contribution in [0.3, 0.4) is 0 Å². The van der Waals surface area contributed by atoms with Gasteiger partial charge in [-0.25, -0.2) is 10.4 Å². The zero-order valence-electron chi connectivity index (χ0n) is 14.0. The predicted molar refractivity (Wildman–Crippen MR) is 104 cm³/mol. The molecule has 4 aromatic rings. The fourth-order valence-electron chi connectivity index (χ4n) is 3.03. The third-order valence-corrected chi connectivity index (χ3v) is 4.27. The van der Waals surface area contributed by atoms with Crippen LogP contribution in [0.25, 0.3) is 21.8 Å². The average Bonchev–Trinajstić information content (AvgIpc) is 3.02. The molecule has 0 aliphatic carbocycles. The van der Waals surface area contributed by atoms with Crippen LogP contribution in [-0.4, -0.2) is 32.6 Å². The number of aromatic hydroxyl groups is 1. The van der Waals surface area contributed by atoms with Crippen molar-refractivity contribution in [1.82, 2.24) is 9.55 Å². The lowest BCUT2D eigenvalue weighted by atomic mass is 10.1. The first kappa shape index (κ1) is 16.1. The highest BCUT2D eigenvalue weighted by molar-refractivity contribution is 6.05. The summed E-state index contributed by atoms with van der Waals surface area (Å²) in [5.41, 5.74) is 5.32. The number of imidazole rings is 1. The van der Waals surface area contributed by atoms with Gasteiger partial charge in [0.2, 0.25) is 5.95 Å². The molecule has 3 aromatic carbocycles. The van der Waals surface area contributed by atoms with Crippen LogP contribution >= 0.6 is 0 Å². The Labute approximate surface area is 150 Å². The van der Waals surface area contributed by atoms with E-state index in [-0.39, 0.29) is 12.4 Å². The molecule has 3 N–H and O–H groups in total. The van der Waals surface area contributed by atoms with Crippen LogP contribution in [0.4, 0.5) is 5.95 Å². The number of anilines is 1. The topological polar surface area (TPSA) is 82.7 Å². The Balaban J connectivity index is 1.75. The van der Waals surface area contributed by atoms with E-state index in [1.165, 1.54) is 6.21 Å². The number of hydrogen-bond acceptors (Lipinski definition) is 5. The summed E-state index contributed by atoms with van der Waals surface area (Å²) in [5.74, 6) is 0.699. The maximum atomic E-state index is 9.81. The van der Waals surface area contributed by atoms with Gasteiger partial charge in [0.05, 0.1) is 23.9 Å². The van der Waals surface area contributed by atoms with Crippen LogP contribution in [0, 0.1) is 0 Å². The number of aromatic nitrogens is 2. The molecule has 1 aromatic heterocycles. The first-order valence-corrected chi connectivity index (χ1v) is 8.34. The van der Waals surface area contributed by atoms with Crippen molar-refractivity contribution in [2.75, 3.05) is 12.0 Å². The smallest absolute Gasteiger partial charge is 0.224 e. The minimum Gasteiger partial charge on any atom is -0.507 e. The Bertz CT molecular complexity index is 1100. The second-order valence-corrected chi connectivity index (χ2v) is 5.89. The van der Waals surface area contributed by atoms with E-state index < -0.39 is 0 Å². The predicted octanol–water partition coefficient (Wildman–Crippen LogP) is 3.33. The van der Waals surface area contributed by atoms with Gasteiger partial charge in [0.1, 0.15) is 5.75 Å². The molecule has 0 radical (unpaired) electrons. The van der Waals surface area contributed by atoms with Crippen molar-refractivity contribution in [2.45, 2.75) is 6.54 Å². The van der Waals surface area contributed by atoms with Crippen molar-refractivity contribution in [1.29, 1.82) is 0 Å². The molecule has 0 saturated carbocycles. The number of para-hydroxylation sites is 1. The molecule has 0 fully saturated rings. The van der Waals surface area contributed by atoms with E-state index in [2.05, 4.69) is 15.5 Å². The minimum absolute atomic E-state index is 0.00381. The zero-order chi connectivity index (χ0) is 17.9. The van der Waals surface area contributed by atoms with Gasteiger partial charge in [-0.2, -0.15) is 5.10 Å². The number of phenolic OH excluding ortho intramolecular Hbond substituents is 1. The molecule has 6 nitrogen and oxygen atoms in total. The van der Waals surface area contributed by atoms with E-state index in [1.54, 1.807) is 18.2 Å². The summed E-state index contributed by atoms with van der Waals surface area (Å²) >= 11 is 0. The number of rotatable bonds is 5. The van der Waals surface area contributed by atoms with E-state index in [0.29, 0.717) is 18.1 Å². The van der Waals surface area contributed by atoms with Gasteiger partial charge in [-0.1, -0.05) is 42.5 Å². The van der Waals surface area contributed by atoms with Gasteiger partial charge in [-0.3, -0.25) is 0 Å². The third-order valence-electron chi connectivity index (χ3n) is 4.27. The lowest BCUT2D eigenvalue weighted by molar-refractivity contribution is 0.278. The normalized spacial score (nSPS) is 11.6. The van der Waals surface area contributed by atoms with Gasteiger partial charge in [0.15, 0.2) is 0 Å². The van der Waals surface area contributed by atoms with Crippen LogP contribution in [0.2, 0.25) is 0 Å². The Morgan fingerprint density at radius 3 is 2.69 bits per heavy atom. The summed E-state index contributed by atoms with van der Waals surface area (Å²) in [6.07, 6.45) is 1.54. The molecule has 0 amide bonds. The molecule has 6 heteroatoms. The van der Waals surface area contributed by atoms with Gasteiger partial charge >= 0.3 is 0 Å². The number of hydrogen-bond donors (Lipinski definition) is 3. The highest BCUT2D eigenvalue weighted by Gasteiger charge is 2.12. The second-order valence-electron chi connectivity index (χ2n) is 5.89. The highest BCUT2D eigenvalue weighted by Crippen LogP contribution is 2.27. The van der Waals surface area contributed by atoms with E-state index in [0.717, 1.165) is 21.8 Å². The van der Waals surface area contributed by atoms with Crippen LogP contribution < -0.4 is 5.43 Å². The molecule has 0 aliphatic rings. The lowest BCUT2D eigenvalue weighted by Crippen LogP contribution is -2.06. The number of aliphatic hydroxyl groups is 1. The quantitative estimate of drug-likeness (QED) is 0.382. The van der Waals surface area contributed by atoms with Crippen molar-refractivity contribution in [3.8, 4) is 5.75 Å². The van der Waals surface area contributed by atoms with Crippen LogP contribution in [0.5, 0.6) is 5.75 Å². The zero-order valence-corrected chi connectivity index (χ0v) is 14.0. The van der Waals surface area contributed by atoms with Crippen molar-refractivity contribution in [2.24, 2.45) is 5.10 Å². The number of nitrogens with one attached hydrogen (secondary N) is 1. The summed E-state index contributed by atoms with van der Waals surface area (Å²) in [4.78, 5) is 4.68. The molecule has 0 spiro atoms. The number of fused-ring (bicyclic) bond motifs is 3. The first-order valence-electron chi connectivity index (χ1n) is 8.34. The SMILES string of the molecule is OCCn1c(N/N=C\c2ccccc2O)nc2c3ccccc3ccc21. The van der Waals surface area contributed by atoms with Crippen molar-refractivity contribution in [3.63, 3.8) is 0 Å². The summed E-state index contributed by atoms with van der Waals surface area (Å²) < 4.78 is 1.89. The van der Waals surface area contributed by atoms with Gasteiger partial charge in [0.25, 0.3) is 0 Å².